The minimum absolute atomic E-state index is 0.308. The van der Waals surface area contributed by atoms with Gasteiger partial charge in [0.1, 0.15) is 11.6 Å². The lowest BCUT2D eigenvalue weighted by molar-refractivity contribution is 0.401. The second kappa shape index (κ2) is 5.84. The van der Waals surface area contributed by atoms with Gasteiger partial charge in [-0.05, 0) is 12.1 Å². The van der Waals surface area contributed by atoms with Crippen LogP contribution in [0.25, 0.3) is 11.3 Å². The average molecular weight is 264 g/mol. The van der Waals surface area contributed by atoms with Crippen molar-refractivity contribution >= 4 is 0 Å². The fraction of sp³-hybridized carbons (Fsp3) is 0.357. The van der Waals surface area contributed by atoms with Crippen LogP contribution in [0, 0.1) is 5.82 Å². The van der Waals surface area contributed by atoms with Gasteiger partial charge in [0.25, 0.3) is 0 Å². The number of rotatable bonds is 5. The van der Waals surface area contributed by atoms with Crippen molar-refractivity contribution in [1.82, 2.24) is 10.5 Å². The fourth-order valence-corrected chi connectivity index (χ4v) is 1.80. The zero-order chi connectivity index (χ0) is 13.8. The van der Waals surface area contributed by atoms with E-state index in [1.807, 2.05) is 13.8 Å². The number of halogens is 1. The van der Waals surface area contributed by atoms with Crippen LogP contribution in [0.1, 0.15) is 19.4 Å². The Morgan fingerprint density at radius 2 is 2.21 bits per heavy atom. The highest BCUT2D eigenvalue weighted by Gasteiger charge is 2.19. The number of methoxy groups -OCH3 is 1. The molecule has 0 atom stereocenters. The number of aromatic nitrogens is 1. The molecule has 0 aliphatic heterocycles. The third kappa shape index (κ3) is 2.93. The Balaban J connectivity index is 2.40. The zero-order valence-corrected chi connectivity index (χ0v) is 11.2. The summed E-state index contributed by atoms with van der Waals surface area (Å²) in [6.07, 6.45) is 1.59. The van der Waals surface area contributed by atoms with Gasteiger partial charge in [0, 0.05) is 18.2 Å². The molecule has 0 unspecified atom stereocenters. The molecule has 0 aliphatic rings. The fourth-order valence-electron chi connectivity index (χ4n) is 1.80. The predicted octanol–water partition coefficient (Wildman–Crippen LogP) is 2.99. The molecule has 2 rings (SSSR count). The molecular formula is C14H17FN2O2. The van der Waals surface area contributed by atoms with Crippen LogP contribution < -0.4 is 10.1 Å². The molecule has 0 saturated carbocycles. The molecule has 1 aromatic carbocycles. The van der Waals surface area contributed by atoms with E-state index in [2.05, 4.69) is 10.5 Å². The Hall–Kier alpha value is -1.88. The maximum absolute atomic E-state index is 14.0. The van der Waals surface area contributed by atoms with Gasteiger partial charge in [-0.25, -0.2) is 4.39 Å². The van der Waals surface area contributed by atoms with Crippen LogP contribution in [0.5, 0.6) is 5.75 Å². The molecule has 4 nitrogen and oxygen atoms in total. The summed E-state index contributed by atoms with van der Waals surface area (Å²) in [6.45, 7) is 4.64. The summed E-state index contributed by atoms with van der Waals surface area (Å²) in [5.41, 5.74) is 1.11. The maximum atomic E-state index is 14.0. The van der Waals surface area contributed by atoms with Crippen molar-refractivity contribution < 1.29 is 13.7 Å². The first-order valence-electron chi connectivity index (χ1n) is 6.13. The van der Waals surface area contributed by atoms with Crippen LogP contribution in [0.2, 0.25) is 0 Å². The average Bonchev–Trinajstić information content (AvgIpc) is 2.83. The number of hydrogen-bond acceptors (Lipinski definition) is 4. The van der Waals surface area contributed by atoms with E-state index >= 15 is 0 Å². The lowest BCUT2D eigenvalue weighted by atomic mass is 10.1. The zero-order valence-electron chi connectivity index (χ0n) is 11.2. The lowest BCUT2D eigenvalue weighted by Gasteiger charge is -2.10. The van der Waals surface area contributed by atoms with E-state index in [4.69, 9.17) is 9.26 Å². The normalized spacial score (nSPS) is 11.0. The van der Waals surface area contributed by atoms with Gasteiger partial charge < -0.3 is 14.6 Å². The predicted molar refractivity (Wildman–Crippen MR) is 70.4 cm³/mol. The van der Waals surface area contributed by atoms with Crippen molar-refractivity contribution in [2.45, 2.75) is 26.4 Å². The van der Waals surface area contributed by atoms with Gasteiger partial charge in [0.15, 0.2) is 5.76 Å². The molecule has 0 radical (unpaired) electrons. The Bertz CT molecular complexity index is 552. The molecule has 5 heteroatoms. The Labute approximate surface area is 111 Å². The van der Waals surface area contributed by atoms with Crippen molar-refractivity contribution in [3.63, 3.8) is 0 Å². The Morgan fingerprint density at radius 1 is 1.42 bits per heavy atom. The first-order valence-corrected chi connectivity index (χ1v) is 6.13. The highest BCUT2D eigenvalue weighted by Crippen LogP contribution is 2.34. The molecule has 19 heavy (non-hydrogen) atoms. The van der Waals surface area contributed by atoms with Crippen LogP contribution in [0.3, 0.4) is 0 Å². The molecular weight excluding hydrogens is 247 g/mol. The van der Waals surface area contributed by atoms with E-state index in [0.717, 1.165) is 5.56 Å². The third-order valence-electron chi connectivity index (χ3n) is 2.77. The van der Waals surface area contributed by atoms with Gasteiger partial charge in [-0.1, -0.05) is 25.1 Å². The highest BCUT2D eigenvalue weighted by atomic mass is 19.1. The van der Waals surface area contributed by atoms with Crippen molar-refractivity contribution in [1.29, 1.82) is 0 Å². The number of ether oxygens (including phenoxy) is 1. The van der Waals surface area contributed by atoms with E-state index in [-0.39, 0.29) is 5.82 Å². The first kappa shape index (κ1) is 13.5. The molecule has 0 amide bonds. The van der Waals surface area contributed by atoms with Crippen LogP contribution in [0.15, 0.2) is 28.9 Å². The van der Waals surface area contributed by atoms with Crippen molar-refractivity contribution in [2.75, 3.05) is 7.11 Å². The summed E-state index contributed by atoms with van der Waals surface area (Å²) in [7, 11) is 1.50. The van der Waals surface area contributed by atoms with Gasteiger partial charge in [0.2, 0.25) is 0 Å². The second-order valence-corrected chi connectivity index (χ2v) is 4.53. The number of nitrogens with zero attached hydrogens (tertiary/aromatic N) is 1. The molecule has 0 saturated heterocycles. The topological polar surface area (TPSA) is 47.3 Å². The molecule has 0 bridgehead atoms. The summed E-state index contributed by atoms with van der Waals surface area (Å²) in [6, 6.07) is 4.99. The summed E-state index contributed by atoms with van der Waals surface area (Å²) in [5.74, 6) is 0.451. The van der Waals surface area contributed by atoms with Crippen LogP contribution in [-0.4, -0.2) is 18.3 Å². The number of nitrogens with one attached hydrogen (secondary N) is 1. The van der Waals surface area contributed by atoms with Gasteiger partial charge in [-0.15, -0.1) is 0 Å². The van der Waals surface area contributed by atoms with E-state index in [1.165, 1.54) is 13.2 Å². The minimum Gasteiger partial charge on any atom is -0.496 e. The van der Waals surface area contributed by atoms with E-state index in [9.17, 15) is 4.39 Å². The smallest absolute Gasteiger partial charge is 0.178 e. The largest absolute Gasteiger partial charge is 0.496 e. The standard InChI is InChI=1S/C14H17FN2O2/c1-9(2)16-7-10-8-17-19-14(10)13-11(15)5-4-6-12(13)18-3/h4-6,8-9,16H,7H2,1-3H3. The molecule has 1 aromatic heterocycles. The van der Waals surface area contributed by atoms with Crippen molar-refractivity contribution in [2.24, 2.45) is 0 Å². The van der Waals surface area contributed by atoms with Crippen LogP contribution in [0.4, 0.5) is 4.39 Å². The quantitative estimate of drug-likeness (QED) is 0.901. The van der Waals surface area contributed by atoms with Crippen molar-refractivity contribution in [3.05, 3.63) is 35.8 Å². The molecule has 0 aliphatic carbocycles. The highest BCUT2D eigenvalue weighted by molar-refractivity contribution is 5.68. The molecule has 2 aromatic rings. The maximum Gasteiger partial charge on any atom is 0.178 e. The van der Waals surface area contributed by atoms with Gasteiger partial charge in [0.05, 0.1) is 18.9 Å². The SMILES string of the molecule is COc1cccc(F)c1-c1oncc1CNC(C)C. The van der Waals surface area contributed by atoms with E-state index in [1.54, 1.807) is 18.3 Å². The van der Waals surface area contributed by atoms with Crippen molar-refractivity contribution in [3.8, 4) is 17.1 Å². The summed E-state index contributed by atoms with van der Waals surface area (Å²) < 4.78 is 24.4. The number of benzene rings is 1. The summed E-state index contributed by atoms with van der Waals surface area (Å²) in [4.78, 5) is 0. The van der Waals surface area contributed by atoms with Crippen LogP contribution >= 0.6 is 0 Å². The van der Waals surface area contributed by atoms with Gasteiger partial charge >= 0.3 is 0 Å². The first-order chi connectivity index (χ1) is 9.13. The van der Waals surface area contributed by atoms with Gasteiger partial charge in [-0.2, -0.15) is 0 Å². The molecule has 1 heterocycles. The van der Waals surface area contributed by atoms with E-state index < -0.39 is 0 Å². The molecule has 102 valence electrons. The number of hydrogen-bond donors (Lipinski definition) is 1. The van der Waals surface area contributed by atoms with Crippen LogP contribution in [-0.2, 0) is 6.54 Å². The lowest BCUT2D eigenvalue weighted by Crippen LogP contribution is -2.21. The Kier molecular flexibility index (Phi) is 4.16. The molecule has 0 fully saturated rings. The second-order valence-electron chi connectivity index (χ2n) is 4.53. The molecule has 1 N–H and O–H groups in total. The Morgan fingerprint density at radius 3 is 2.89 bits per heavy atom. The minimum atomic E-state index is -0.387. The monoisotopic (exact) mass is 264 g/mol. The summed E-state index contributed by atoms with van der Waals surface area (Å²) in [5, 5.41) is 7.01. The third-order valence-corrected chi connectivity index (χ3v) is 2.77. The van der Waals surface area contributed by atoms with E-state index in [0.29, 0.717) is 29.7 Å². The van der Waals surface area contributed by atoms with Gasteiger partial charge in [-0.3, -0.25) is 0 Å². The molecule has 0 spiro atoms. The summed E-state index contributed by atoms with van der Waals surface area (Å²) >= 11 is 0.